The van der Waals surface area contributed by atoms with E-state index >= 15 is 0 Å². The molecule has 218 valence electrons. The molecule has 0 saturated carbocycles. The van der Waals surface area contributed by atoms with Crippen molar-refractivity contribution in [2.24, 2.45) is 0 Å². The quantitative estimate of drug-likeness (QED) is 0.181. The molecule has 0 spiro atoms. The number of ether oxygens (including phenoxy) is 1. The Labute approximate surface area is 251 Å². The van der Waals surface area contributed by atoms with E-state index in [0.717, 1.165) is 22.5 Å². The average Bonchev–Trinajstić information content (AvgIpc) is 3.34. The highest BCUT2D eigenvalue weighted by Crippen LogP contribution is 2.38. The number of fused-ring (bicyclic) bond motifs is 1. The van der Waals surface area contributed by atoms with Crippen LogP contribution in [0.15, 0.2) is 103 Å². The van der Waals surface area contributed by atoms with Crippen molar-refractivity contribution in [3.63, 3.8) is 0 Å². The van der Waals surface area contributed by atoms with Crippen molar-refractivity contribution in [3.8, 4) is 0 Å². The first-order valence-electron chi connectivity index (χ1n) is 14.1. The highest BCUT2D eigenvalue weighted by atomic mass is 16.5. The van der Waals surface area contributed by atoms with Crippen molar-refractivity contribution in [3.05, 3.63) is 125 Å². The lowest BCUT2D eigenvalue weighted by Crippen LogP contribution is -2.37. The van der Waals surface area contributed by atoms with Crippen LogP contribution in [0.3, 0.4) is 0 Å². The van der Waals surface area contributed by atoms with Crippen LogP contribution in [0.2, 0.25) is 0 Å². The highest BCUT2D eigenvalue weighted by Gasteiger charge is 2.29. The van der Waals surface area contributed by atoms with Crippen molar-refractivity contribution in [2.45, 2.75) is 13.5 Å². The van der Waals surface area contributed by atoms with Gasteiger partial charge in [-0.05, 0) is 68.5 Å². The van der Waals surface area contributed by atoms with Gasteiger partial charge in [-0.1, -0.05) is 66.7 Å². The third-order valence-electron chi connectivity index (χ3n) is 6.97. The highest BCUT2D eigenvalue weighted by molar-refractivity contribution is 6.37. The Kier molecular flexibility index (Phi) is 8.98. The van der Waals surface area contributed by atoms with E-state index < -0.39 is 5.97 Å². The van der Waals surface area contributed by atoms with Gasteiger partial charge < -0.3 is 25.2 Å². The summed E-state index contributed by atoms with van der Waals surface area (Å²) in [6.07, 6.45) is 0. The Bertz CT molecular complexity index is 1650. The molecule has 5 rings (SSSR count). The molecule has 0 aromatic heterocycles. The van der Waals surface area contributed by atoms with E-state index in [2.05, 4.69) is 10.6 Å². The first-order valence-corrected chi connectivity index (χ1v) is 14.1. The van der Waals surface area contributed by atoms with Gasteiger partial charge in [-0.15, -0.1) is 0 Å². The van der Waals surface area contributed by atoms with Gasteiger partial charge in [0.2, 0.25) is 5.91 Å². The minimum atomic E-state index is -0.441. The maximum absolute atomic E-state index is 13.3. The molecule has 1 aliphatic heterocycles. The van der Waals surface area contributed by atoms with Crippen molar-refractivity contribution >= 4 is 46.1 Å². The molecule has 0 radical (unpaired) electrons. The van der Waals surface area contributed by atoms with Gasteiger partial charge in [-0.3, -0.25) is 9.59 Å². The van der Waals surface area contributed by atoms with Gasteiger partial charge in [0.15, 0.2) is 0 Å². The van der Waals surface area contributed by atoms with Crippen LogP contribution in [0, 0.1) is 0 Å². The fourth-order valence-electron chi connectivity index (χ4n) is 4.96. The Hall–Kier alpha value is -5.21. The largest absolute Gasteiger partial charge is 0.462 e. The number of carbonyl (C=O) groups excluding carboxylic acids is 3. The smallest absolute Gasteiger partial charge is 0.338 e. The Morgan fingerprint density at radius 3 is 2.16 bits per heavy atom. The Morgan fingerprint density at radius 2 is 1.51 bits per heavy atom. The summed E-state index contributed by atoms with van der Waals surface area (Å²) < 4.78 is 5.13. The maximum atomic E-state index is 13.3. The molecule has 1 heterocycles. The average molecular weight is 575 g/mol. The van der Waals surface area contributed by atoms with E-state index in [-0.39, 0.29) is 25.0 Å². The standard InChI is InChI=1S/C35H34N4O4/c1-4-43-35(42)26-15-20-29-30(21-26)37-34(41)32(29)33(25-13-9-6-10-14-25)36-27-16-18-28(19-17-27)39(31(40)23-38(2)3)22-24-11-7-5-8-12-24/h5-21,36H,4,22-23H2,1-3H3,(H,37,41)/b33-32+. The zero-order valence-corrected chi connectivity index (χ0v) is 24.5. The number of hydrogen-bond acceptors (Lipinski definition) is 6. The minimum Gasteiger partial charge on any atom is -0.462 e. The molecule has 2 N–H and O–H groups in total. The van der Waals surface area contributed by atoms with Gasteiger partial charge in [-0.2, -0.15) is 0 Å². The summed E-state index contributed by atoms with van der Waals surface area (Å²) in [6, 6.07) is 32.2. The first kappa shape index (κ1) is 29.3. The number of carbonyl (C=O) groups is 3. The van der Waals surface area contributed by atoms with Crippen LogP contribution in [-0.2, 0) is 20.9 Å². The first-order chi connectivity index (χ1) is 20.8. The van der Waals surface area contributed by atoms with Crippen LogP contribution in [0.25, 0.3) is 11.3 Å². The number of anilines is 3. The molecule has 0 fully saturated rings. The van der Waals surface area contributed by atoms with Gasteiger partial charge >= 0.3 is 5.97 Å². The normalized spacial score (nSPS) is 13.3. The molecule has 0 aliphatic carbocycles. The van der Waals surface area contributed by atoms with Crippen molar-refractivity contribution in [1.82, 2.24) is 4.90 Å². The number of benzene rings is 4. The van der Waals surface area contributed by atoms with E-state index in [9.17, 15) is 14.4 Å². The molecular weight excluding hydrogens is 540 g/mol. The van der Waals surface area contributed by atoms with E-state index in [0.29, 0.717) is 34.6 Å². The van der Waals surface area contributed by atoms with Crippen LogP contribution in [-0.4, -0.2) is 49.9 Å². The van der Waals surface area contributed by atoms with E-state index in [1.165, 1.54) is 0 Å². The van der Waals surface area contributed by atoms with Gasteiger partial charge in [0, 0.05) is 16.9 Å². The fourth-order valence-corrected chi connectivity index (χ4v) is 4.96. The summed E-state index contributed by atoms with van der Waals surface area (Å²) in [4.78, 5) is 42.5. The number of hydrogen-bond donors (Lipinski definition) is 2. The zero-order chi connectivity index (χ0) is 30.3. The lowest BCUT2D eigenvalue weighted by atomic mass is 9.99. The third-order valence-corrected chi connectivity index (χ3v) is 6.97. The third kappa shape index (κ3) is 6.82. The topological polar surface area (TPSA) is 91.0 Å². The van der Waals surface area contributed by atoms with Crippen molar-refractivity contribution in [1.29, 1.82) is 0 Å². The number of nitrogens with zero attached hydrogens (tertiary/aromatic N) is 2. The second-order valence-electron chi connectivity index (χ2n) is 10.4. The SMILES string of the molecule is CCOC(=O)c1ccc2c(c1)NC(=O)/C2=C(/Nc1ccc(N(Cc2ccccc2)C(=O)CN(C)C)cc1)c1ccccc1. The van der Waals surface area contributed by atoms with Gasteiger partial charge in [-0.25, -0.2) is 4.79 Å². The summed E-state index contributed by atoms with van der Waals surface area (Å²) in [7, 11) is 3.75. The number of esters is 1. The van der Waals surface area contributed by atoms with Crippen LogP contribution in [0.1, 0.15) is 34.0 Å². The molecule has 0 unspecified atom stereocenters. The van der Waals surface area contributed by atoms with Crippen LogP contribution >= 0.6 is 0 Å². The molecule has 1 aliphatic rings. The molecule has 8 nitrogen and oxygen atoms in total. The zero-order valence-electron chi connectivity index (χ0n) is 24.5. The van der Waals surface area contributed by atoms with Gasteiger partial charge in [0.25, 0.3) is 5.91 Å². The number of rotatable bonds is 10. The molecule has 0 bridgehead atoms. The van der Waals surface area contributed by atoms with Crippen LogP contribution in [0.4, 0.5) is 17.1 Å². The monoisotopic (exact) mass is 574 g/mol. The van der Waals surface area contributed by atoms with E-state index in [1.54, 1.807) is 30.0 Å². The van der Waals surface area contributed by atoms with E-state index in [1.807, 2.05) is 104 Å². The second kappa shape index (κ2) is 13.2. The van der Waals surface area contributed by atoms with Crippen LogP contribution in [0.5, 0.6) is 0 Å². The fraction of sp³-hybridized carbons (Fsp3) is 0.171. The lowest BCUT2D eigenvalue weighted by Gasteiger charge is -2.25. The van der Waals surface area contributed by atoms with Crippen LogP contribution < -0.4 is 15.5 Å². The molecule has 0 atom stereocenters. The van der Waals surface area contributed by atoms with Gasteiger partial charge in [0.05, 0.1) is 42.2 Å². The second-order valence-corrected chi connectivity index (χ2v) is 10.4. The summed E-state index contributed by atoms with van der Waals surface area (Å²) in [6.45, 7) is 2.75. The Balaban J connectivity index is 1.49. The summed E-state index contributed by atoms with van der Waals surface area (Å²) in [5, 5.41) is 6.36. The minimum absolute atomic E-state index is 0.0110. The lowest BCUT2D eigenvalue weighted by molar-refractivity contribution is -0.119. The summed E-state index contributed by atoms with van der Waals surface area (Å²) >= 11 is 0. The number of likely N-dealkylation sites (N-methyl/N-ethyl adjacent to an activating group) is 1. The molecule has 4 aromatic rings. The maximum Gasteiger partial charge on any atom is 0.338 e. The number of amides is 2. The predicted molar refractivity (Wildman–Crippen MR) is 171 cm³/mol. The number of nitrogens with one attached hydrogen (secondary N) is 2. The van der Waals surface area contributed by atoms with Crippen molar-refractivity contribution in [2.75, 3.05) is 42.8 Å². The molecular formula is C35H34N4O4. The molecule has 0 saturated heterocycles. The molecule has 8 heteroatoms. The molecule has 2 amide bonds. The molecule has 43 heavy (non-hydrogen) atoms. The molecule has 4 aromatic carbocycles. The predicted octanol–water partition coefficient (Wildman–Crippen LogP) is 5.89. The Morgan fingerprint density at radius 1 is 0.837 bits per heavy atom. The summed E-state index contributed by atoms with van der Waals surface area (Å²) in [5.74, 6) is -0.728. The van der Waals surface area contributed by atoms with Crippen molar-refractivity contribution < 1.29 is 19.1 Å². The van der Waals surface area contributed by atoms with Gasteiger partial charge in [0.1, 0.15) is 0 Å². The van der Waals surface area contributed by atoms with E-state index in [4.69, 9.17) is 4.74 Å². The summed E-state index contributed by atoms with van der Waals surface area (Å²) in [5.41, 5.74) is 6.07.